The molecule has 3 rings (SSSR count). The molecule has 2 N–H and O–H groups in total. The van der Waals surface area contributed by atoms with Crippen LogP contribution in [-0.4, -0.2) is 39.7 Å². The number of hydrogen-bond acceptors (Lipinski definition) is 6. The van der Waals surface area contributed by atoms with Gasteiger partial charge in [-0.05, 0) is 18.2 Å². The van der Waals surface area contributed by atoms with Gasteiger partial charge in [-0.15, -0.1) is 0 Å². The van der Waals surface area contributed by atoms with E-state index in [1.165, 1.54) is 10.9 Å². The van der Waals surface area contributed by atoms with Gasteiger partial charge in [0.1, 0.15) is 17.1 Å². The first-order valence-electron chi connectivity index (χ1n) is 7.72. The number of hydrogen-bond donors (Lipinski definition) is 2. The lowest BCUT2D eigenvalue weighted by atomic mass is 10.1. The van der Waals surface area contributed by atoms with E-state index >= 15 is 0 Å². The minimum atomic E-state index is -0.295. The first kappa shape index (κ1) is 16.7. The van der Waals surface area contributed by atoms with Crippen LogP contribution in [0, 0.1) is 0 Å². The zero-order chi connectivity index (χ0) is 17.6. The number of methoxy groups -OCH3 is 1. The van der Waals surface area contributed by atoms with E-state index in [9.17, 15) is 4.79 Å². The summed E-state index contributed by atoms with van der Waals surface area (Å²) in [6.07, 6.45) is 1.52. The van der Waals surface area contributed by atoms with Gasteiger partial charge >= 0.3 is 0 Å². The Morgan fingerprint density at radius 2 is 2.24 bits per heavy atom. The fourth-order valence-electron chi connectivity index (χ4n) is 2.37. The zero-order valence-corrected chi connectivity index (χ0v) is 13.7. The van der Waals surface area contributed by atoms with Crippen LogP contribution in [0.25, 0.3) is 11.3 Å². The van der Waals surface area contributed by atoms with E-state index in [2.05, 4.69) is 15.6 Å². The highest BCUT2D eigenvalue weighted by Crippen LogP contribution is 2.24. The van der Waals surface area contributed by atoms with E-state index in [0.29, 0.717) is 17.1 Å². The highest BCUT2D eigenvalue weighted by Gasteiger charge is 2.13. The maximum absolute atomic E-state index is 12.2. The molecule has 0 spiro atoms. The molecular weight excluding hydrogens is 324 g/mol. The van der Waals surface area contributed by atoms with Crippen LogP contribution in [-0.2, 0) is 13.1 Å². The summed E-state index contributed by atoms with van der Waals surface area (Å²) in [6, 6.07) is 10.8. The molecule has 130 valence electrons. The Kier molecular flexibility index (Phi) is 5.10. The zero-order valence-electron chi connectivity index (χ0n) is 13.7. The van der Waals surface area contributed by atoms with Crippen LogP contribution in [0.15, 0.2) is 47.1 Å². The molecule has 1 amide bonds. The number of aliphatic hydroxyl groups excluding tert-OH is 1. The van der Waals surface area contributed by atoms with Gasteiger partial charge in [-0.3, -0.25) is 9.48 Å². The van der Waals surface area contributed by atoms with Gasteiger partial charge in [-0.1, -0.05) is 17.3 Å². The minimum Gasteiger partial charge on any atom is -0.497 e. The molecule has 0 aliphatic heterocycles. The highest BCUT2D eigenvalue weighted by atomic mass is 16.5. The summed E-state index contributed by atoms with van der Waals surface area (Å²) in [7, 11) is 1.60. The van der Waals surface area contributed by atoms with Crippen LogP contribution >= 0.6 is 0 Å². The number of aliphatic hydroxyl groups is 1. The van der Waals surface area contributed by atoms with Crippen molar-refractivity contribution >= 4 is 5.91 Å². The van der Waals surface area contributed by atoms with E-state index in [1.807, 2.05) is 24.3 Å². The average molecular weight is 342 g/mol. The number of aromatic nitrogens is 3. The normalized spacial score (nSPS) is 10.6. The lowest BCUT2D eigenvalue weighted by Crippen LogP contribution is -2.26. The maximum Gasteiger partial charge on any atom is 0.269 e. The van der Waals surface area contributed by atoms with Crippen molar-refractivity contribution in [3.63, 3.8) is 0 Å². The largest absolute Gasteiger partial charge is 0.497 e. The van der Waals surface area contributed by atoms with Crippen molar-refractivity contribution in [2.24, 2.45) is 0 Å². The fraction of sp³-hybridized carbons (Fsp3) is 0.235. The van der Waals surface area contributed by atoms with Crippen molar-refractivity contribution in [2.45, 2.75) is 13.1 Å². The van der Waals surface area contributed by atoms with Crippen molar-refractivity contribution in [3.05, 3.63) is 54.0 Å². The summed E-state index contributed by atoms with van der Waals surface area (Å²) < 4.78 is 12.0. The van der Waals surface area contributed by atoms with Crippen LogP contribution in [0.4, 0.5) is 0 Å². The standard InChI is InChI=1S/C17H18N4O4/c1-24-14-4-2-3-12(9-14)16-10-13(20-25-16)11-18-17(23)15-5-6-19-21(15)7-8-22/h2-6,9-10,22H,7-8,11H2,1H3,(H,18,23). The molecule has 0 unspecified atom stereocenters. The highest BCUT2D eigenvalue weighted by molar-refractivity contribution is 5.92. The molecule has 8 nitrogen and oxygen atoms in total. The van der Waals surface area contributed by atoms with Gasteiger partial charge in [0.15, 0.2) is 5.76 Å². The van der Waals surface area contributed by atoms with Crippen molar-refractivity contribution < 1.29 is 19.2 Å². The molecule has 0 radical (unpaired) electrons. The van der Waals surface area contributed by atoms with Crippen molar-refractivity contribution in [1.82, 2.24) is 20.3 Å². The minimum absolute atomic E-state index is 0.0882. The van der Waals surface area contributed by atoms with Gasteiger partial charge < -0.3 is 19.7 Å². The van der Waals surface area contributed by atoms with Gasteiger partial charge in [0.2, 0.25) is 0 Å². The summed E-state index contributed by atoms with van der Waals surface area (Å²) in [4.78, 5) is 12.2. The van der Waals surface area contributed by atoms with Gasteiger partial charge in [0.25, 0.3) is 5.91 Å². The van der Waals surface area contributed by atoms with Crippen LogP contribution in [0.5, 0.6) is 5.75 Å². The number of amides is 1. The van der Waals surface area contributed by atoms with E-state index < -0.39 is 0 Å². The fourth-order valence-corrected chi connectivity index (χ4v) is 2.37. The molecular formula is C17H18N4O4. The van der Waals surface area contributed by atoms with E-state index in [1.54, 1.807) is 19.2 Å². The van der Waals surface area contributed by atoms with Crippen LogP contribution in [0.1, 0.15) is 16.2 Å². The molecule has 0 saturated heterocycles. The van der Waals surface area contributed by atoms with Gasteiger partial charge in [-0.2, -0.15) is 5.10 Å². The molecule has 8 heteroatoms. The number of carbonyl (C=O) groups is 1. The molecule has 0 atom stereocenters. The summed E-state index contributed by atoms with van der Waals surface area (Å²) in [5.41, 5.74) is 1.82. The number of rotatable bonds is 7. The third-order valence-corrected chi connectivity index (χ3v) is 3.60. The monoisotopic (exact) mass is 342 g/mol. The number of nitrogens with one attached hydrogen (secondary N) is 1. The van der Waals surface area contributed by atoms with Crippen LogP contribution in [0.2, 0.25) is 0 Å². The average Bonchev–Trinajstić information content (AvgIpc) is 3.29. The molecule has 1 aromatic carbocycles. The first-order chi connectivity index (χ1) is 12.2. The summed E-state index contributed by atoms with van der Waals surface area (Å²) in [5.74, 6) is 1.02. The quantitative estimate of drug-likeness (QED) is 0.674. The Bertz CT molecular complexity index is 856. The Hall–Kier alpha value is -3.13. The van der Waals surface area contributed by atoms with Gasteiger partial charge in [0.05, 0.1) is 26.8 Å². The van der Waals surface area contributed by atoms with E-state index in [4.69, 9.17) is 14.4 Å². The number of carbonyl (C=O) groups excluding carboxylic acids is 1. The molecule has 2 heterocycles. The van der Waals surface area contributed by atoms with Crippen molar-refractivity contribution in [1.29, 1.82) is 0 Å². The molecule has 2 aromatic heterocycles. The molecule has 0 aliphatic rings. The maximum atomic E-state index is 12.2. The third kappa shape index (κ3) is 3.86. The molecule has 0 aliphatic carbocycles. The number of benzene rings is 1. The van der Waals surface area contributed by atoms with Crippen molar-refractivity contribution in [3.8, 4) is 17.1 Å². The Balaban J connectivity index is 1.65. The molecule has 0 saturated carbocycles. The number of ether oxygens (including phenoxy) is 1. The second-order valence-electron chi connectivity index (χ2n) is 5.26. The predicted octanol–water partition coefficient (Wildman–Crippen LogP) is 1.47. The Morgan fingerprint density at radius 1 is 1.36 bits per heavy atom. The summed E-state index contributed by atoms with van der Waals surface area (Å²) in [6.45, 7) is 0.394. The summed E-state index contributed by atoms with van der Waals surface area (Å²) in [5, 5.41) is 19.7. The molecule has 0 bridgehead atoms. The lowest BCUT2D eigenvalue weighted by molar-refractivity contribution is 0.0937. The SMILES string of the molecule is COc1cccc(-c2cc(CNC(=O)c3ccnn3CCO)no2)c1. The van der Waals surface area contributed by atoms with Crippen LogP contribution in [0.3, 0.4) is 0 Å². The number of nitrogens with zero attached hydrogens (tertiary/aromatic N) is 3. The molecule has 3 aromatic rings. The second-order valence-corrected chi connectivity index (χ2v) is 5.26. The molecule has 25 heavy (non-hydrogen) atoms. The first-order valence-corrected chi connectivity index (χ1v) is 7.72. The van der Waals surface area contributed by atoms with Crippen molar-refractivity contribution in [2.75, 3.05) is 13.7 Å². The predicted molar refractivity (Wildman–Crippen MR) is 89.0 cm³/mol. The van der Waals surface area contributed by atoms with E-state index in [0.717, 1.165) is 11.3 Å². The lowest BCUT2D eigenvalue weighted by Gasteiger charge is -2.05. The summed E-state index contributed by atoms with van der Waals surface area (Å²) >= 11 is 0. The second kappa shape index (κ2) is 7.63. The van der Waals surface area contributed by atoms with Crippen LogP contribution < -0.4 is 10.1 Å². The van der Waals surface area contributed by atoms with E-state index in [-0.39, 0.29) is 25.6 Å². The topological polar surface area (TPSA) is 102 Å². The molecule has 0 fully saturated rings. The van der Waals surface area contributed by atoms with Gasteiger partial charge in [0, 0.05) is 17.8 Å². The smallest absolute Gasteiger partial charge is 0.269 e. The van der Waals surface area contributed by atoms with Gasteiger partial charge in [-0.25, -0.2) is 0 Å². The Morgan fingerprint density at radius 3 is 3.04 bits per heavy atom. The third-order valence-electron chi connectivity index (χ3n) is 3.60. The Labute approximate surface area is 144 Å².